The summed E-state index contributed by atoms with van der Waals surface area (Å²) in [6.07, 6.45) is 0. The van der Waals surface area contributed by atoms with Crippen LogP contribution < -0.4 is 24.8 Å². The number of aromatic hydroxyl groups is 2. The molecule has 0 atom stereocenters. The van der Waals surface area contributed by atoms with Gasteiger partial charge in [-0.1, -0.05) is 24.3 Å². The Bertz CT molecular complexity index is 387. The van der Waals surface area contributed by atoms with Gasteiger partial charge >= 0.3 is 26.2 Å². The second-order valence-electron chi connectivity index (χ2n) is 2.90. The molecule has 0 unspecified atom stereocenters. The Hall–Kier alpha value is 0.463. The molecule has 0 saturated heterocycles. The van der Waals surface area contributed by atoms with E-state index in [-0.39, 0.29) is 62.5 Å². The predicted molar refractivity (Wildman–Crippen MR) is 71.6 cm³/mol. The van der Waals surface area contributed by atoms with E-state index in [4.69, 9.17) is 10.2 Å². The van der Waals surface area contributed by atoms with Gasteiger partial charge in [0, 0.05) is 0 Å². The molecule has 0 heterocycles. The zero-order chi connectivity index (χ0) is 12.0. The molecule has 0 saturated carbocycles. The van der Waals surface area contributed by atoms with Gasteiger partial charge in [-0.2, -0.15) is 0 Å². The summed E-state index contributed by atoms with van der Waals surface area (Å²) in [5, 5.41) is 17.7. The minimum atomic E-state index is 0. The number of hydrogen-bond donors (Lipinski definition) is 2. The van der Waals surface area contributed by atoms with Crippen LogP contribution in [0.4, 0.5) is 0 Å². The summed E-state index contributed by atoms with van der Waals surface area (Å²) in [5.74, 6) is 0.569. The molecule has 0 fully saturated rings. The van der Waals surface area contributed by atoms with E-state index in [2.05, 4.69) is 31.9 Å². The van der Waals surface area contributed by atoms with Crippen molar-refractivity contribution in [1.29, 1.82) is 0 Å². The largest absolute Gasteiger partial charge is 2.00 e. The van der Waals surface area contributed by atoms with Gasteiger partial charge in [-0.3, -0.25) is 0 Å². The minimum absolute atomic E-state index is 0. The predicted octanol–water partition coefficient (Wildman–Crippen LogP) is -1.69. The summed E-state index contributed by atoms with van der Waals surface area (Å²) < 4.78 is 1.47. The summed E-state index contributed by atoms with van der Waals surface area (Å²) in [7, 11) is 0. The van der Waals surface area contributed by atoms with E-state index in [1.165, 1.54) is 0 Å². The minimum Gasteiger partial charge on any atom is -1.00 e. The van der Waals surface area contributed by atoms with Crippen molar-refractivity contribution in [3.8, 4) is 11.5 Å². The molecule has 7 heteroatoms. The van der Waals surface area contributed by atoms with Crippen molar-refractivity contribution in [3.63, 3.8) is 0 Å². The summed E-state index contributed by atoms with van der Waals surface area (Å²) >= 11 is 6.29. The fraction of sp³-hybridized carbons (Fsp3) is 0. The van der Waals surface area contributed by atoms with Gasteiger partial charge in [-0.25, -0.2) is 0 Å². The van der Waals surface area contributed by atoms with Crippen molar-refractivity contribution in [2.75, 3.05) is 0 Å². The van der Waals surface area contributed by atoms with Gasteiger partial charge in [-0.05, 0) is 56.1 Å². The molecule has 0 spiro atoms. The Kier molecular flexibility index (Phi) is 17.3. The number of phenols is 2. The van der Waals surface area contributed by atoms with Crippen molar-refractivity contribution in [2.24, 2.45) is 0 Å². The number of para-hydroxylation sites is 2. The van der Waals surface area contributed by atoms with E-state index in [1.807, 2.05) is 12.1 Å². The first-order chi connectivity index (χ1) is 7.61. The number of hydrogen-bond acceptors (Lipinski definition) is 2. The van der Waals surface area contributed by atoms with E-state index in [1.54, 1.807) is 36.4 Å². The maximum atomic E-state index is 8.87. The third kappa shape index (κ3) is 9.92. The van der Waals surface area contributed by atoms with E-state index in [0.717, 1.165) is 8.95 Å². The van der Waals surface area contributed by atoms with E-state index >= 15 is 0 Å². The molecule has 19 heavy (non-hydrogen) atoms. The number of phenolic OH excluding ortho intramolecular Hbond substituents is 2. The topological polar surface area (TPSA) is 40.5 Å². The quantitative estimate of drug-likeness (QED) is 0.447. The van der Waals surface area contributed by atoms with Crippen molar-refractivity contribution >= 4 is 31.9 Å². The summed E-state index contributed by atoms with van der Waals surface area (Å²) in [6.45, 7) is 0. The number of benzene rings is 2. The Morgan fingerprint density at radius 3 is 1.05 bits per heavy atom. The molecule has 2 rings (SSSR count). The van der Waals surface area contributed by atoms with Gasteiger partial charge in [0.25, 0.3) is 0 Å². The molecule has 0 radical (unpaired) electrons. The summed E-state index contributed by atoms with van der Waals surface area (Å²) in [5.41, 5.74) is 0. The van der Waals surface area contributed by atoms with Gasteiger partial charge in [0.2, 0.25) is 0 Å². The molecule has 0 aromatic heterocycles. The van der Waals surface area contributed by atoms with Crippen LogP contribution in [0.3, 0.4) is 0 Å². The second-order valence-corrected chi connectivity index (χ2v) is 4.61. The molecule has 0 aliphatic rings. The van der Waals surface area contributed by atoms with Crippen molar-refractivity contribution < 1.29 is 61.2 Å². The SMILES string of the molecule is Oc1ccccc1Br.Oc1ccccc1Br.[Cl-].[Cl-].[Zr+2]. The van der Waals surface area contributed by atoms with Crippen LogP contribution in [0.1, 0.15) is 0 Å². The van der Waals surface area contributed by atoms with Crippen LogP contribution in [0.5, 0.6) is 11.5 Å². The van der Waals surface area contributed by atoms with Gasteiger partial charge in [0.05, 0.1) is 8.95 Å². The molecule has 2 aromatic carbocycles. The first-order valence-corrected chi connectivity index (χ1v) is 6.07. The average molecular weight is 508 g/mol. The maximum Gasteiger partial charge on any atom is 2.00 e. The number of halogens is 4. The maximum absolute atomic E-state index is 8.87. The Labute approximate surface area is 160 Å². The molecule has 0 aliphatic heterocycles. The molecule has 2 nitrogen and oxygen atoms in total. The normalized spacial score (nSPS) is 7.68. The number of rotatable bonds is 0. The summed E-state index contributed by atoms with van der Waals surface area (Å²) in [6, 6.07) is 14.1. The first-order valence-electron chi connectivity index (χ1n) is 4.48. The van der Waals surface area contributed by atoms with E-state index in [9.17, 15) is 0 Å². The van der Waals surface area contributed by atoms with Crippen LogP contribution in [0, 0.1) is 0 Å². The second kappa shape index (κ2) is 13.4. The average Bonchev–Trinajstić information content (AvgIpc) is 2.28. The molecular weight excluding hydrogens is 498 g/mol. The van der Waals surface area contributed by atoms with Gasteiger partial charge < -0.3 is 35.0 Å². The van der Waals surface area contributed by atoms with Crippen molar-refractivity contribution in [2.45, 2.75) is 0 Å². The summed E-state index contributed by atoms with van der Waals surface area (Å²) in [4.78, 5) is 0. The Balaban J connectivity index is -0.000000233. The van der Waals surface area contributed by atoms with Crippen molar-refractivity contribution in [1.82, 2.24) is 0 Å². The Morgan fingerprint density at radius 2 is 0.895 bits per heavy atom. The van der Waals surface area contributed by atoms with Crippen LogP contribution >= 0.6 is 31.9 Å². The van der Waals surface area contributed by atoms with E-state index < -0.39 is 0 Å². The molecule has 0 amide bonds. The van der Waals surface area contributed by atoms with Crippen LogP contribution in [0.2, 0.25) is 0 Å². The fourth-order valence-electron chi connectivity index (χ4n) is 0.903. The van der Waals surface area contributed by atoms with Gasteiger partial charge in [0.1, 0.15) is 11.5 Å². The van der Waals surface area contributed by atoms with Gasteiger partial charge in [0.15, 0.2) is 0 Å². The van der Waals surface area contributed by atoms with E-state index in [0.29, 0.717) is 0 Å². The molecule has 2 N–H and O–H groups in total. The monoisotopic (exact) mass is 504 g/mol. The molecule has 0 aliphatic carbocycles. The van der Waals surface area contributed by atoms with Crippen LogP contribution in [-0.2, 0) is 26.2 Å². The molecular formula is C12H10Br2Cl2O2Zr. The molecule has 0 bridgehead atoms. The zero-order valence-electron chi connectivity index (χ0n) is 9.53. The third-order valence-electron chi connectivity index (χ3n) is 1.70. The fourth-order valence-corrected chi connectivity index (χ4v) is 1.47. The standard InChI is InChI=1S/2C6H5BrO.2ClH.Zr/c2*7-5-3-1-2-4-6(5)8;;;/h2*1-4,8H;2*1H;/q;;;;+2/p-2. The zero-order valence-corrected chi connectivity index (χ0v) is 16.7. The Morgan fingerprint density at radius 1 is 0.632 bits per heavy atom. The van der Waals surface area contributed by atoms with Crippen LogP contribution in [0.25, 0.3) is 0 Å². The molecule has 102 valence electrons. The van der Waals surface area contributed by atoms with Crippen molar-refractivity contribution in [3.05, 3.63) is 57.5 Å². The first kappa shape index (κ1) is 24.5. The van der Waals surface area contributed by atoms with Crippen LogP contribution in [-0.4, -0.2) is 10.2 Å². The molecule has 2 aromatic rings. The third-order valence-corrected chi connectivity index (χ3v) is 3.05. The van der Waals surface area contributed by atoms with Gasteiger partial charge in [-0.15, -0.1) is 0 Å². The smallest absolute Gasteiger partial charge is 1.00 e. The van der Waals surface area contributed by atoms with Crippen LogP contribution in [0.15, 0.2) is 57.5 Å².